The van der Waals surface area contributed by atoms with E-state index in [0.717, 1.165) is 0 Å². The van der Waals surface area contributed by atoms with E-state index >= 15 is 0 Å². The van der Waals surface area contributed by atoms with Gasteiger partial charge in [-0.25, -0.2) is 0 Å². The van der Waals surface area contributed by atoms with Gasteiger partial charge in [-0.05, 0) is 12.3 Å². The Morgan fingerprint density at radius 1 is 1.70 bits per heavy atom. The lowest BCUT2D eigenvalue weighted by molar-refractivity contribution is -0.141. The highest BCUT2D eigenvalue weighted by Crippen LogP contribution is 2.53. The molecule has 10 heavy (non-hydrogen) atoms. The van der Waals surface area contributed by atoms with Gasteiger partial charge in [0, 0.05) is 5.92 Å². The van der Waals surface area contributed by atoms with Crippen LogP contribution in [0.4, 0.5) is 0 Å². The van der Waals surface area contributed by atoms with Crippen molar-refractivity contribution in [2.75, 3.05) is 6.61 Å². The summed E-state index contributed by atoms with van der Waals surface area (Å²) in [6.07, 6.45) is 2.41. The number of ether oxygens (including phenoxy) is 1. The molecular weight excluding hydrogens is 128 g/mol. The Morgan fingerprint density at radius 2 is 2.50 bits per heavy atom. The Kier molecular flexibility index (Phi) is 1.22. The molecule has 0 unspecified atom stereocenters. The van der Waals surface area contributed by atoms with Gasteiger partial charge in [0.25, 0.3) is 0 Å². The van der Waals surface area contributed by atoms with Gasteiger partial charge in [-0.3, -0.25) is 4.79 Å². The van der Waals surface area contributed by atoms with Crippen LogP contribution >= 0.6 is 0 Å². The Bertz CT molecular complexity index is 165. The van der Waals surface area contributed by atoms with Crippen LogP contribution in [0.1, 0.15) is 19.8 Å². The first-order valence-electron chi connectivity index (χ1n) is 4.01. The van der Waals surface area contributed by atoms with Crippen LogP contribution in [0.3, 0.4) is 0 Å². The van der Waals surface area contributed by atoms with Crippen LogP contribution in [0.15, 0.2) is 0 Å². The smallest absolute Gasteiger partial charge is 0.309 e. The predicted octanol–water partition coefficient (Wildman–Crippen LogP) is 1.21. The van der Waals surface area contributed by atoms with Gasteiger partial charge in [-0.2, -0.15) is 0 Å². The average molecular weight is 140 g/mol. The molecule has 0 spiro atoms. The fourth-order valence-corrected chi connectivity index (χ4v) is 2.02. The highest BCUT2D eigenvalue weighted by Gasteiger charge is 2.59. The second-order valence-electron chi connectivity index (χ2n) is 3.27. The number of fused-ring (bicyclic) bond motifs is 1. The maximum atomic E-state index is 10.9. The van der Waals surface area contributed by atoms with Crippen molar-refractivity contribution in [3.63, 3.8) is 0 Å². The van der Waals surface area contributed by atoms with Crippen molar-refractivity contribution >= 4 is 5.97 Å². The Labute approximate surface area is 60.6 Å². The first-order chi connectivity index (χ1) is 4.84. The summed E-state index contributed by atoms with van der Waals surface area (Å²) < 4.78 is 4.85. The summed E-state index contributed by atoms with van der Waals surface area (Å²) in [5, 5.41) is 0. The molecule has 2 fully saturated rings. The number of cyclic esters (lactones) is 1. The van der Waals surface area contributed by atoms with E-state index in [1.54, 1.807) is 0 Å². The number of carbonyl (C=O) groups excluding carboxylic acids is 1. The summed E-state index contributed by atoms with van der Waals surface area (Å²) >= 11 is 0. The zero-order chi connectivity index (χ0) is 7.14. The number of carbonyl (C=O) groups is 1. The lowest BCUT2D eigenvalue weighted by Gasteiger charge is -2.00. The van der Waals surface area contributed by atoms with Gasteiger partial charge in [0.15, 0.2) is 0 Å². The van der Waals surface area contributed by atoms with E-state index < -0.39 is 0 Å². The molecular formula is C8H12O2. The minimum absolute atomic E-state index is 0.0588. The molecule has 0 aromatic carbocycles. The van der Waals surface area contributed by atoms with Gasteiger partial charge in [-0.1, -0.05) is 13.3 Å². The molecule has 2 nitrogen and oxygen atoms in total. The molecule has 2 rings (SSSR count). The van der Waals surface area contributed by atoms with E-state index in [-0.39, 0.29) is 5.97 Å². The zero-order valence-corrected chi connectivity index (χ0v) is 6.17. The Balaban J connectivity index is 1.92. The van der Waals surface area contributed by atoms with Gasteiger partial charge in [-0.15, -0.1) is 0 Å². The number of hydrogen-bond donors (Lipinski definition) is 0. The van der Waals surface area contributed by atoms with Crippen LogP contribution in [0.25, 0.3) is 0 Å². The van der Waals surface area contributed by atoms with E-state index in [4.69, 9.17) is 4.74 Å². The molecule has 2 aliphatic rings. The second-order valence-corrected chi connectivity index (χ2v) is 3.27. The molecule has 1 saturated heterocycles. The quantitative estimate of drug-likeness (QED) is 0.539. The third kappa shape index (κ3) is 0.678. The van der Waals surface area contributed by atoms with Gasteiger partial charge < -0.3 is 4.74 Å². The number of rotatable bonds is 2. The van der Waals surface area contributed by atoms with E-state index in [1.807, 2.05) is 0 Å². The minimum atomic E-state index is 0.0588. The van der Waals surface area contributed by atoms with Gasteiger partial charge in [0.2, 0.25) is 0 Å². The second kappa shape index (κ2) is 1.97. The number of hydrogen-bond acceptors (Lipinski definition) is 2. The summed E-state index contributed by atoms with van der Waals surface area (Å²) in [5.74, 6) is 1.65. The third-order valence-corrected chi connectivity index (χ3v) is 2.64. The molecule has 1 saturated carbocycles. The Morgan fingerprint density at radius 3 is 3.00 bits per heavy atom. The fourth-order valence-electron chi connectivity index (χ4n) is 2.02. The minimum Gasteiger partial charge on any atom is -0.465 e. The molecule has 0 bridgehead atoms. The molecule has 3 atom stereocenters. The molecule has 0 aromatic heterocycles. The average Bonchev–Trinajstić information content (AvgIpc) is 2.45. The highest BCUT2D eigenvalue weighted by molar-refractivity contribution is 5.78. The standard InChI is InChI=1S/C8H12O2/c1-2-3-5-6-4-10-8(9)7(5)6/h5-7H,2-4H2,1H3/t5-,6-,7+/m1/s1. The van der Waals surface area contributed by atoms with Crippen molar-refractivity contribution < 1.29 is 9.53 Å². The summed E-state index contributed by atoms with van der Waals surface area (Å²) in [6, 6.07) is 0. The zero-order valence-electron chi connectivity index (χ0n) is 6.17. The molecule has 1 aliphatic carbocycles. The summed E-state index contributed by atoms with van der Waals surface area (Å²) in [7, 11) is 0. The topological polar surface area (TPSA) is 26.3 Å². The van der Waals surface area contributed by atoms with Gasteiger partial charge >= 0.3 is 5.97 Å². The van der Waals surface area contributed by atoms with Crippen molar-refractivity contribution in [2.24, 2.45) is 17.8 Å². The van der Waals surface area contributed by atoms with Gasteiger partial charge in [0.05, 0.1) is 12.5 Å². The third-order valence-electron chi connectivity index (χ3n) is 2.64. The summed E-state index contributed by atoms with van der Waals surface area (Å²) in [5.41, 5.74) is 0. The molecule has 0 amide bonds. The number of esters is 1. The van der Waals surface area contributed by atoms with Crippen LogP contribution in [0.5, 0.6) is 0 Å². The first kappa shape index (κ1) is 6.20. The summed E-state index contributed by atoms with van der Waals surface area (Å²) in [6.45, 7) is 2.87. The molecule has 0 aromatic rings. The van der Waals surface area contributed by atoms with E-state index in [9.17, 15) is 4.79 Å². The van der Waals surface area contributed by atoms with E-state index in [1.165, 1.54) is 12.8 Å². The van der Waals surface area contributed by atoms with Crippen LogP contribution in [0.2, 0.25) is 0 Å². The van der Waals surface area contributed by atoms with Crippen molar-refractivity contribution in [2.45, 2.75) is 19.8 Å². The normalized spacial score (nSPS) is 42.9. The van der Waals surface area contributed by atoms with Crippen LogP contribution in [-0.4, -0.2) is 12.6 Å². The molecule has 0 N–H and O–H groups in total. The van der Waals surface area contributed by atoms with Crippen LogP contribution in [-0.2, 0) is 9.53 Å². The lowest BCUT2D eigenvalue weighted by Crippen LogP contribution is -2.04. The van der Waals surface area contributed by atoms with Crippen molar-refractivity contribution in [1.82, 2.24) is 0 Å². The Hall–Kier alpha value is -0.530. The molecule has 1 aliphatic heterocycles. The molecule has 2 heteroatoms. The molecule has 56 valence electrons. The fraction of sp³-hybridized carbons (Fsp3) is 0.875. The summed E-state index contributed by atoms with van der Waals surface area (Å²) in [4.78, 5) is 10.9. The maximum absolute atomic E-state index is 10.9. The lowest BCUT2D eigenvalue weighted by atomic mass is 10.2. The largest absolute Gasteiger partial charge is 0.465 e. The van der Waals surface area contributed by atoms with E-state index in [0.29, 0.717) is 24.4 Å². The SMILES string of the molecule is CCC[C@@H]1[C@H]2COC(=O)[C@@H]12. The maximum Gasteiger partial charge on any atom is 0.309 e. The monoisotopic (exact) mass is 140 g/mol. The van der Waals surface area contributed by atoms with Crippen LogP contribution < -0.4 is 0 Å². The molecule has 1 heterocycles. The molecule has 0 radical (unpaired) electrons. The van der Waals surface area contributed by atoms with Crippen molar-refractivity contribution in [1.29, 1.82) is 0 Å². The first-order valence-corrected chi connectivity index (χ1v) is 4.01. The predicted molar refractivity (Wildman–Crippen MR) is 36.3 cm³/mol. The van der Waals surface area contributed by atoms with E-state index in [2.05, 4.69) is 6.92 Å². The van der Waals surface area contributed by atoms with Gasteiger partial charge in [0.1, 0.15) is 0 Å². The highest BCUT2D eigenvalue weighted by atomic mass is 16.5. The van der Waals surface area contributed by atoms with Crippen LogP contribution in [0, 0.1) is 17.8 Å². The van der Waals surface area contributed by atoms with Crippen molar-refractivity contribution in [3.8, 4) is 0 Å². The van der Waals surface area contributed by atoms with Crippen molar-refractivity contribution in [3.05, 3.63) is 0 Å².